The average molecular weight is 351 g/mol. The Morgan fingerprint density at radius 1 is 0.920 bits per heavy atom. The molecule has 0 bridgehead atoms. The van der Waals surface area contributed by atoms with Crippen LogP contribution in [0.3, 0.4) is 0 Å². The van der Waals surface area contributed by atoms with E-state index in [1.165, 1.54) is 14.2 Å². The monoisotopic (exact) mass is 351 g/mol. The van der Waals surface area contributed by atoms with Crippen molar-refractivity contribution < 1.29 is 32.6 Å². The van der Waals surface area contributed by atoms with E-state index in [1.54, 1.807) is 18.2 Å². The molecule has 6 nitrogen and oxygen atoms in total. The molecule has 2 aromatic carbocycles. The summed E-state index contributed by atoms with van der Waals surface area (Å²) in [6.45, 7) is -0.628. The van der Waals surface area contributed by atoms with Gasteiger partial charge in [0.25, 0.3) is 5.91 Å². The van der Waals surface area contributed by atoms with Crippen molar-refractivity contribution in [1.82, 2.24) is 0 Å². The van der Waals surface area contributed by atoms with Crippen LogP contribution in [0, 0.1) is 11.6 Å². The summed E-state index contributed by atoms with van der Waals surface area (Å²) in [6, 6.07) is 6.97. The highest BCUT2D eigenvalue weighted by atomic mass is 19.1. The SMILES string of the molecule is COc1cc(NC(=O)COC(=O)c2cc(F)cc(F)c2)cc(OC)c1. The van der Waals surface area contributed by atoms with E-state index in [-0.39, 0.29) is 5.56 Å². The zero-order valence-corrected chi connectivity index (χ0v) is 13.5. The number of ether oxygens (including phenoxy) is 3. The van der Waals surface area contributed by atoms with E-state index >= 15 is 0 Å². The molecule has 2 aromatic rings. The molecule has 1 amide bonds. The van der Waals surface area contributed by atoms with Crippen LogP contribution in [0.5, 0.6) is 11.5 Å². The molecule has 0 aromatic heterocycles. The Labute approximate surface area is 142 Å². The minimum absolute atomic E-state index is 0.326. The van der Waals surface area contributed by atoms with Crippen LogP contribution in [-0.2, 0) is 9.53 Å². The first-order valence-electron chi connectivity index (χ1n) is 7.07. The molecule has 8 heteroatoms. The number of carbonyl (C=O) groups excluding carboxylic acids is 2. The van der Waals surface area contributed by atoms with Gasteiger partial charge in [-0.05, 0) is 12.1 Å². The molecule has 25 heavy (non-hydrogen) atoms. The van der Waals surface area contributed by atoms with Gasteiger partial charge in [0.2, 0.25) is 0 Å². The number of methoxy groups -OCH3 is 2. The van der Waals surface area contributed by atoms with Crippen molar-refractivity contribution in [2.75, 3.05) is 26.1 Å². The van der Waals surface area contributed by atoms with Gasteiger partial charge >= 0.3 is 5.97 Å². The minimum atomic E-state index is -1.02. The number of anilines is 1. The van der Waals surface area contributed by atoms with Gasteiger partial charge in [-0.15, -0.1) is 0 Å². The van der Waals surface area contributed by atoms with Crippen LogP contribution in [0.15, 0.2) is 36.4 Å². The molecule has 0 unspecified atom stereocenters. The third kappa shape index (κ3) is 5.17. The molecule has 0 fully saturated rings. The Kier molecular flexibility index (Phi) is 5.89. The standard InChI is InChI=1S/C17H15F2NO5/c1-23-14-6-13(7-15(8-14)24-2)20-16(21)9-25-17(22)10-3-11(18)5-12(19)4-10/h3-8H,9H2,1-2H3,(H,20,21). The first kappa shape index (κ1) is 18.2. The maximum Gasteiger partial charge on any atom is 0.338 e. The van der Waals surface area contributed by atoms with E-state index in [0.29, 0.717) is 23.3 Å². The van der Waals surface area contributed by atoms with E-state index < -0.39 is 30.1 Å². The predicted molar refractivity (Wildman–Crippen MR) is 84.8 cm³/mol. The molecule has 0 saturated carbocycles. The zero-order chi connectivity index (χ0) is 18.4. The number of esters is 1. The summed E-state index contributed by atoms with van der Waals surface area (Å²) in [5.41, 5.74) is 0.0439. The van der Waals surface area contributed by atoms with Crippen molar-refractivity contribution in [3.63, 3.8) is 0 Å². The Morgan fingerprint density at radius 2 is 1.48 bits per heavy atom. The quantitative estimate of drug-likeness (QED) is 0.810. The summed E-state index contributed by atoms with van der Waals surface area (Å²) in [6.07, 6.45) is 0. The maximum absolute atomic E-state index is 13.1. The molecule has 132 valence electrons. The highest BCUT2D eigenvalue weighted by Gasteiger charge is 2.13. The summed E-state index contributed by atoms with van der Waals surface area (Å²) in [5, 5.41) is 2.50. The highest BCUT2D eigenvalue weighted by molar-refractivity contribution is 5.95. The number of hydrogen-bond donors (Lipinski definition) is 1. The lowest BCUT2D eigenvalue weighted by molar-refractivity contribution is -0.119. The van der Waals surface area contributed by atoms with Crippen molar-refractivity contribution in [2.45, 2.75) is 0 Å². The fraction of sp³-hybridized carbons (Fsp3) is 0.176. The Balaban J connectivity index is 1.97. The topological polar surface area (TPSA) is 73.9 Å². The van der Waals surface area contributed by atoms with Gasteiger partial charge < -0.3 is 19.5 Å². The fourth-order valence-corrected chi connectivity index (χ4v) is 1.96. The summed E-state index contributed by atoms with van der Waals surface area (Å²) < 4.78 is 41.0. The zero-order valence-electron chi connectivity index (χ0n) is 13.5. The van der Waals surface area contributed by atoms with Gasteiger partial charge in [-0.2, -0.15) is 0 Å². The second kappa shape index (κ2) is 8.09. The lowest BCUT2D eigenvalue weighted by atomic mass is 10.2. The van der Waals surface area contributed by atoms with E-state index in [1.807, 2.05) is 0 Å². The van der Waals surface area contributed by atoms with Gasteiger partial charge in [0.15, 0.2) is 6.61 Å². The Morgan fingerprint density at radius 3 is 2.00 bits per heavy atom. The van der Waals surface area contributed by atoms with Crippen molar-refractivity contribution in [1.29, 1.82) is 0 Å². The van der Waals surface area contributed by atoms with Gasteiger partial charge in [-0.25, -0.2) is 13.6 Å². The average Bonchev–Trinajstić information content (AvgIpc) is 2.58. The molecule has 0 atom stereocenters. The van der Waals surface area contributed by atoms with Gasteiger partial charge in [0.1, 0.15) is 23.1 Å². The molecule has 1 N–H and O–H groups in total. The normalized spacial score (nSPS) is 10.1. The summed E-state index contributed by atoms with van der Waals surface area (Å²) >= 11 is 0. The summed E-state index contributed by atoms with van der Waals surface area (Å²) in [4.78, 5) is 23.6. The van der Waals surface area contributed by atoms with Crippen molar-refractivity contribution >= 4 is 17.6 Å². The smallest absolute Gasteiger partial charge is 0.338 e. The number of carbonyl (C=O) groups is 2. The van der Waals surface area contributed by atoms with Gasteiger partial charge in [-0.1, -0.05) is 0 Å². The molecular formula is C17H15F2NO5. The van der Waals surface area contributed by atoms with E-state index in [4.69, 9.17) is 14.2 Å². The lowest BCUT2D eigenvalue weighted by Gasteiger charge is -2.10. The Hall–Kier alpha value is -3.16. The predicted octanol–water partition coefficient (Wildman–Crippen LogP) is 2.78. The highest BCUT2D eigenvalue weighted by Crippen LogP contribution is 2.25. The molecule has 0 aliphatic heterocycles. The van der Waals surface area contributed by atoms with E-state index in [9.17, 15) is 18.4 Å². The van der Waals surface area contributed by atoms with Crippen molar-refractivity contribution in [3.8, 4) is 11.5 Å². The first-order chi connectivity index (χ1) is 11.9. The maximum atomic E-state index is 13.1. The van der Waals surface area contributed by atoms with Gasteiger partial charge in [-0.3, -0.25) is 4.79 Å². The third-order valence-electron chi connectivity index (χ3n) is 3.07. The minimum Gasteiger partial charge on any atom is -0.497 e. The molecule has 0 heterocycles. The summed E-state index contributed by atoms with van der Waals surface area (Å²) in [5.74, 6) is -2.57. The second-order valence-corrected chi connectivity index (χ2v) is 4.88. The molecule has 2 rings (SSSR count). The van der Waals surface area contributed by atoms with Crippen LogP contribution >= 0.6 is 0 Å². The molecule has 0 radical (unpaired) electrons. The summed E-state index contributed by atoms with van der Waals surface area (Å²) in [7, 11) is 2.92. The lowest BCUT2D eigenvalue weighted by Crippen LogP contribution is -2.21. The van der Waals surface area contributed by atoms with Crippen LogP contribution in [0.1, 0.15) is 10.4 Å². The number of benzene rings is 2. The molecule has 0 saturated heterocycles. The number of hydrogen-bond acceptors (Lipinski definition) is 5. The van der Waals surface area contributed by atoms with Crippen molar-refractivity contribution in [3.05, 3.63) is 53.6 Å². The molecule has 0 aliphatic rings. The first-order valence-corrected chi connectivity index (χ1v) is 7.07. The molecule has 0 spiro atoms. The molecular weight excluding hydrogens is 336 g/mol. The van der Waals surface area contributed by atoms with Crippen LogP contribution in [0.2, 0.25) is 0 Å². The van der Waals surface area contributed by atoms with Crippen LogP contribution in [0.4, 0.5) is 14.5 Å². The molecule has 0 aliphatic carbocycles. The van der Waals surface area contributed by atoms with Crippen LogP contribution in [-0.4, -0.2) is 32.7 Å². The van der Waals surface area contributed by atoms with Crippen molar-refractivity contribution in [2.24, 2.45) is 0 Å². The van der Waals surface area contributed by atoms with Gasteiger partial charge in [0, 0.05) is 30.0 Å². The third-order valence-corrected chi connectivity index (χ3v) is 3.07. The van der Waals surface area contributed by atoms with Crippen LogP contribution in [0.25, 0.3) is 0 Å². The fourth-order valence-electron chi connectivity index (χ4n) is 1.96. The van der Waals surface area contributed by atoms with Gasteiger partial charge in [0.05, 0.1) is 19.8 Å². The van der Waals surface area contributed by atoms with E-state index in [0.717, 1.165) is 12.1 Å². The van der Waals surface area contributed by atoms with E-state index in [2.05, 4.69) is 5.32 Å². The van der Waals surface area contributed by atoms with Crippen LogP contribution < -0.4 is 14.8 Å². The number of nitrogens with one attached hydrogen (secondary N) is 1. The number of amides is 1. The largest absolute Gasteiger partial charge is 0.497 e. The Bertz CT molecular complexity index is 752. The number of rotatable bonds is 6. The second-order valence-electron chi connectivity index (χ2n) is 4.88. The number of halogens is 2.